The largest absolute Gasteiger partial charge is 0.472 e. The summed E-state index contributed by atoms with van der Waals surface area (Å²) in [7, 11) is 0. The maximum Gasteiger partial charge on any atom is 0.214 e. The van der Waals surface area contributed by atoms with Crippen LogP contribution in [0.2, 0.25) is 0 Å². The van der Waals surface area contributed by atoms with Crippen molar-refractivity contribution in [1.82, 2.24) is 9.97 Å². The monoisotopic (exact) mass is 504 g/mol. The van der Waals surface area contributed by atoms with Gasteiger partial charge < -0.3 is 4.74 Å². The molecule has 4 heterocycles. The summed E-state index contributed by atoms with van der Waals surface area (Å²) in [4.78, 5) is 13.6. The van der Waals surface area contributed by atoms with Crippen LogP contribution in [0.15, 0.2) is 53.9 Å². The van der Waals surface area contributed by atoms with Gasteiger partial charge in [0.15, 0.2) is 0 Å². The molecule has 0 atom stereocenters. The Morgan fingerprint density at radius 3 is 2.23 bits per heavy atom. The van der Waals surface area contributed by atoms with E-state index in [-0.39, 0.29) is 5.60 Å². The van der Waals surface area contributed by atoms with Crippen molar-refractivity contribution in [3.05, 3.63) is 65.0 Å². The zero-order valence-electron chi connectivity index (χ0n) is 21.6. The molecule has 184 valence electrons. The third kappa shape index (κ3) is 6.80. The lowest BCUT2D eigenvalue weighted by Crippen LogP contribution is -2.23. The third-order valence-corrected chi connectivity index (χ3v) is 7.93. The minimum Gasteiger partial charge on any atom is -0.472 e. The molecule has 0 spiro atoms. The van der Waals surface area contributed by atoms with Crippen LogP contribution in [0.25, 0.3) is 31.7 Å². The normalized spacial score (nSPS) is 11.7. The van der Waals surface area contributed by atoms with Crippen molar-refractivity contribution in [3.63, 3.8) is 0 Å². The average molecular weight is 505 g/mol. The number of pyridine rings is 2. The molecule has 0 amide bonds. The molecule has 4 aromatic heterocycles. The molecule has 0 aromatic carbocycles. The highest BCUT2D eigenvalue weighted by atomic mass is 32.1. The van der Waals surface area contributed by atoms with Crippen molar-refractivity contribution in [2.75, 3.05) is 0 Å². The van der Waals surface area contributed by atoms with Gasteiger partial charge >= 0.3 is 0 Å². The van der Waals surface area contributed by atoms with Crippen molar-refractivity contribution in [3.8, 4) is 37.6 Å². The van der Waals surface area contributed by atoms with E-state index >= 15 is 0 Å². The van der Waals surface area contributed by atoms with Gasteiger partial charge in [-0.2, -0.15) is 0 Å². The minimum atomic E-state index is -0.277. The first-order chi connectivity index (χ1) is 16.9. The summed E-state index contributed by atoms with van der Waals surface area (Å²) in [5.41, 5.74) is 5.57. The number of thiophene rings is 2. The number of unbranched alkanes of at least 4 members (excludes halogenated alkanes) is 2. The van der Waals surface area contributed by atoms with E-state index in [1.807, 2.05) is 32.9 Å². The van der Waals surface area contributed by atoms with Gasteiger partial charge in [-0.25, -0.2) is 9.97 Å². The lowest BCUT2D eigenvalue weighted by molar-refractivity contribution is 0.124. The molecule has 4 aromatic rings. The second kappa shape index (κ2) is 11.5. The highest BCUT2D eigenvalue weighted by Crippen LogP contribution is 2.39. The second-order valence-electron chi connectivity index (χ2n) is 9.97. The van der Waals surface area contributed by atoms with Gasteiger partial charge in [-0.1, -0.05) is 38.8 Å². The van der Waals surface area contributed by atoms with E-state index in [4.69, 9.17) is 14.7 Å². The van der Waals surface area contributed by atoms with Gasteiger partial charge in [-0.05, 0) is 93.3 Å². The minimum absolute atomic E-state index is 0.277. The van der Waals surface area contributed by atoms with Gasteiger partial charge in [0.1, 0.15) is 5.60 Å². The van der Waals surface area contributed by atoms with Crippen LogP contribution in [-0.4, -0.2) is 15.6 Å². The summed E-state index contributed by atoms with van der Waals surface area (Å²) in [6, 6.07) is 17.1. The van der Waals surface area contributed by atoms with E-state index in [0.717, 1.165) is 41.2 Å². The molecule has 0 fully saturated rings. The van der Waals surface area contributed by atoms with Crippen LogP contribution in [-0.2, 0) is 12.8 Å². The van der Waals surface area contributed by atoms with Gasteiger partial charge in [0.05, 0.1) is 31.7 Å². The van der Waals surface area contributed by atoms with Crippen molar-refractivity contribution < 1.29 is 4.74 Å². The van der Waals surface area contributed by atoms with Crippen LogP contribution in [0.1, 0.15) is 71.4 Å². The average Bonchev–Trinajstić information content (AvgIpc) is 3.48. The maximum absolute atomic E-state index is 6.02. The van der Waals surface area contributed by atoms with Crippen LogP contribution < -0.4 is 4.74 Å². The number of aromatic nitrogens is 2. The molecule has 0 saturated carbocycles. The fraction of sp³-hybridized carbons (Fsp3) is 0.400. The molecule has 5 heteroatoms. The van der Waals surface area contributed by atoms with E-state index < -0.39 is 0 Å². The molecule has 0 aliphatic carbocycles. The molecule has 0 aliphatic rings. The standard InChI is InChI=1S/C30H36N2OS2/c1-6-8-12-21-18-26(34-20-21)23-14-10-16-25(31-23)29-22(13-9-7-2)19-27(35-29)24-15-11-17-28(32-24)33-30(3,4)5/h10-11,14-20H,6-9,12-13H2,1-5H3. The first-order valence-corrected chi connectivity index (χ1v) is 14.4. The Kier molecular flexibility index (Phi) is 8.40. The van der Waals surface area contributed by atoms with E-state index in [1.165, 1.54) is 40.1 Å². The Hall–Kier alpha value is -2.50. The fourth-order valence-corrected chi connectivity index (χ4v) is 6.04. The lowest BCUT2D eigenvalue weighted by Gasteiger charge is -2.20. The Morgan fingerprint density at radius 1 is 0.800 bits per heavy atom. The summed E-state index contributed by atoms with van der Waals surface area (Å²) in [6.07, 6.45) is 6.98. The first-order valence-electron chi connectivity index (χ1n) is 12.7. The third-order valence-electron chi connectivity index (χ3n) is 5.70. The molecule has 0 N–H and O–H groups in total. The number of hydrogen-bond donors (Lipinski definition) is 0. The Bertz CT molecular complexity index is 1250. The van der Waals surface area contributed by atoms with Crippen LogP contribution in [0, 0.1) is 0 Å². The van der Waals surface area contributed by atoms with Crippen molar-refractivity contribution in [2.45, 2.75) is 78.7 Å². The SMILES string of the molecule is CCCCc1csc(-c2cccc(-c3sc(-c4cccc(OC(C)(C)C)n4)cc3CCCC)n2)c1. The molecule has 4 rings (SSSR count). The summed E-state index contributed by atoms with van der Waals surface area (Å²) >= 11 is 3.59. The number of ether oxygens (including phenoxy) is 1. The van der Waals surface area contributed by atoms with Crippen molar-refractivity contribution in [1.29, 1.82) is 0 Å². The molecule has 0 saturated heterocycles. The molecule has 0 bridgehead atoms. The van der Waals surface area contributed by atoms with E-state index in [2.05, 4.69) is 55.6 Å². The predicted octanol–water partition coefficient (Wildman–Crippen LogP) is 9.46. The fourth-order valence-electron chi connectivity index (χ4n) is 3.97. The molecule has 0 aliphatic heterocycles. The van der Waals surface area contributed by atoms with Gasteiger partial charge in [-0.15, -0.1) is 22.7 Å². The van der Waals surface area contributed by atoms with Crippen LogP contribution in [0.3, 0.4) is 0 Å². The molecule has 0 unspecified atom stereocenters. The lowest BCUT2D eigenvalue weighted by atomic mass is 10.1. The highest BCUT2D eigenvalue weighted by Gasteiger charge is 2.17. The summed E-state index contributed by atoms with van der Waals surface area (Å²) in [5, 5.41) is 2.29. The topological polar surface area (TPSA) is 35.0 Å². The quantitative estimate of drug-likeness (QED) is 0.216. The molecule has 0 radical (unpaired) electrons. The summed E-state index contributed by atoms with van der Waals surface area (Å²) < 4.78 is 6.02. The number of aryl methyl sites for hydroxylation is 2. The van der Waals surface area contributed by atoms with E-state index in [0.29, 0.717) is 5.88 Å². The molecule has 35 heavy (non-hydrogen) atoms. The highest BCUT2D eigenvalue weighted by molar-refractivity contribution is 7.19. The second-order valence-corrected chi connectivity index (χ2v) is 11.9. The van der Waals surface area contributed by atoms with Crippen LogP contribution in [0.4, 0.5) is 0 Å². The van der Waals surface area contributed by atoms with Gasteiger partial charge in [-0.3, -0.25) is 0 Å². The number of hydrogen-bond acceptors (Lipinski definition) is 5. The van der Waals surface area contributed by atoms with Gasteiger partial charge in [0, 0.05) is 6.07 Å². The summed E-state index contributed by atoms with van der Waals surface area (Å²) in [5.74, 6) is 0.664. The smallest absolute Gasteiger partial charge is 0.214 e. The Labute approximate surface area is 218 Å². The molecular weight excluding hydrogens is 468 g/mol. The summed E-state index contributed by atoms with van der Waals surface area (Å²) in [6.45, 7) is 10.6. The maximum atomic E-state index is 6.02. The van der Waals surface area contributed by atoms with Gasteiger partial charge in [0.25, 0.3) is 0 Å². The first kappa shape index (κ1) is 25.6. The van der Waals surface area contributed by atoms with Crippen LogP contribution in [0.5, 0.6) is 5.88 Å². The number of nitrogens with zero attached hydrogens (tertiary/aromatic N) is 2. The molecular formula is C30H36N2OS2. The zero-order chi connectivity index (χ0) is 24.8. The van der Waals surface area contributed by atoms with E-state index in [1.54, 1.807) is 22.7 Å². The van der Waals surface area contributed by atoms with E-state index in [9.17, 15) is 0 Å². The zero-order valence-corrected chi connectivity index (χ0v) is 23.2. The van der Waals surface area contributed by atoms with Crippen molar-refractivity contribution in [2.24, 2.45) is 0 Å². The Morgan fingerprint density at radius 2 is 1.49 bits per heavy atom. The van der Waals surface area contributed by atoms with Gasteiger partial charge in [0.2, 0.25) is 5.88 Å². The van der Waals surface area contributed by atoms with Crippen LogP contribution >= 0.6 is 22.7 Å². The Balaban J connectivity index is 1.68. The number of rotatable bonds is 10. The molecule has 3 nitrogen and oxygen atoms in total. The van der Waals surface area contributed by atoms with Crippen molar-refractivity contribution >= 4 is 22.7 Å². The predicted molar refractivity (Wildman–Crippen MR) is 152 cm³/mol.